The van der Waals surface area contributed by atoms with E-state index in [0.29, 0.717) is 0 Å². The summed E-state index contributed by atoms with van der Waals surface area (Å²) >= 11 is 0. The highest BCUT2D eigenvalue weighted by molar-refractivity contribution is 5.28. The zero-order valence-corrected chi connectivity index (χ0v) is 12.6. The molecule has 0 spiro atoms. The van der Waals surface area contributed by atoms with E-state index in [2.05, 4.69) is 59.9 Å². The van der Waals surface area contributed by atoms with E-state index in [4.69, 9.17) is 0 Å². The topological polar surface area (TPSA) is 29.9 Å². The lowest BCUT2D eigenvalue weighted by molar-refractivity contribution is 0.314. The molecule has 2 aromatic rings. The molecule has 1 N–H and O–H groups in total. The monoisotopic (exact) mass is 269 g/mol. The van der Waals surface area contributed by atoms with Crippen molar-refractivity contribution in [2.75, 3.05) is 6.54 Å². The molecule has 1 aliphatic heterocycles. The predicted molar refractivity (Wildman–Crippen MR) is 81.9 cm³/mol. The summed E-state index contributed by atoms with van der Waals surface area (Å²) in [5.74, 6) is 0. The quantitative estimate of drug-likeness (QED) is 0.928. The fourth-order valence-electron chi connectivity index (χ4n) is 3.20. The van der Waals surface area contributed by atoms with Crippen LogP contribution in [0.1, 0.15) is 42.8 Å². The number of imidazole rings is 1. The number of hydrogen-bond donors (Lipinski definition) is 1. The molecular weight excluding hydrogens is 246 g/mol. The SMILES string of the molecule is CCC1(C)NCCc2ncn(Cc3cccc(C)c3)c21. The lowest BCUT2D eigenvalue weighted by atomic mass is 9.88. The Morgan fingerprint density at radius 2 is 2.25 bits per heavy atom. The summed E-state index contributed by atoms with van der Waals surface area (Å²) in [5.41, 5.74) is 5.34. The normalized spacial score (nSPS) is 21.8. The number of benzene rings is 1. The average Bonchev–Trinajstić information content (AvgIpc) is 2.84. The third kappa shape index (κ3) is 2.27. The van der Waals surface area contributed by atoms with Gasteiger partial charge in [-0.2, -0.15) is 0 Å². The van der Waals surface area contributed by atoms with Crippen LogP contribution in [0.25, 0.3) is 0 Å². The highest BCUT2D eigenvalue weighted by atomic mass is 15.1. The Bertz CT molecular complexity index is 614. The van der Waals surface area contributed by atoms with Gasteiger partial charge >= 0.3 is 0 Å². The molecule has 1 unspecified atom stereocenters. The van der Waals surface area contributed by atoms with Gasteiger partial charge < -0.3 is 9.88 Å². The largest absolute Gasteiger partial charge is 0.328 e. The van der Waals surface area contributed by atoms with Crippen molar-refractivity contribution in [1.82, 2.24) is 14.9 Å². The third-order valence-corrected chi connectivity index (χ3v) is 4.46. The van der Waals surface area contributed by atoms with E-state index < -0.39 is 0 Å². The van der Waals surface area contributed by atoms with Crippen LogP contribution < -0.4 is 5.32 Å². The van der Waals surface area contributed by atoms with Crippen molar-refractivity contribution in [3.8, 4) is 0 Å². The summed E-state index contributed by atoms with van der Waals surface area (Å²) in [6.45, 7) is 8.61. The Hall–Kier alpha value is -1.61. The summed E-state index contributed by atoms with van der Waals surface area (Å²) in [6, 6.07) is 8.72. The lowest BCUT2D eigenvalue weighted by Gasteiger charge is -2.35. The molecule has 1 aromatic carbocycles. The molecule has 3 heteroatoms. The van der Waals surface area contributed by atoms with E-state index in [-0.39, 0.29) is 5.54 Å². The number of hydrogen-bond acceptors (Lipinski definition) is 2. The summed E-state index contributed by atoms with van der Waals surface area (Å²) in [4.78, 5) is 4.64. The van der Waals surface area contributed by atoms with Gasteiger partial charge in [-0.15, -0.1) is 0 Å². The van der Waals surface area contributed by atoms with Crippen molar-refractivity contribution in [1.29, 1.82) is 0 Å². The fraction of sp³-hybridized carbons (Fsp3) is 0.471. The van der Waals surface area contributed by atoms with Gasteiger partial charge in [0.15, 0.2) is 0 Å². The van der Waals surface area contributed by atoms with Crippen LogP contribution in [-0.4, -0.2) is 16.1 Å². The van der Waals surface area contributed by atoms with Crippen molar-refractivity contribution in [3.63, 3.8) is 0 Å². The summed E-state index contributed by atoms with van der Waals surface area (Å²) in [7, 11) is 0. The van der Waals surface area contributed by atoms with Gasteiger partial charge in [-0.05, 0) is 25.8 Å². The molecule has 1 atom stereocenters. The molecular formula is C17H23N3. The molecule has 2 heterocycles. The van der Waals surface area contributed by atoms with Gasteiger partial charge in [0.25, 0.3) is 0 Å². The van der Waals surface area contributed by atoms with Crippen LogP contribution >= 0.6 is 0 Å². The highest BCUT2D eigenvalue weighted by Gasteiger charge is 2.33. The van der Waals surface area contributed by atoms with E-state index in [1.807, 2.05) is 6.33 Å². The molecule has 106 valence electrons. The molecule has 3 nitrogen and oxygen atoms in total. The zero-order valence-electron chi connectivity index (χ0n) is 12.6. The van der Waals surface area contributed by atoms with Crippen molar-refractivity contribution < 1.29 is 0 Å². The number of aromatic nitrogens is 2. The van der Waals surface area contributed by atoms with E-state index in [9.17, 15) is 0 Å². The number of fused-ring (bicyclic) bond motifs is 1. The smallest absolute Gasteiger partial charge is 0.0955 e. The van der Waals surface area contributed by atoms with Gasteiger partial charge in [0.1, 0.15) is 0 Å². The second-order valence-corrected chi connectivity index (χ2v) is 6.02. The summed E-state index contributed by atoms with van der Waals surface area (Å²) < 4.78 is 2.32. The van der Waals surface area contributed by atoms with Crippen molar-refractivity contribution >= 4 is 0 Å². The first-order chi connectivity index (χ1) is 9.62. The average molecular weight is 269 g/mol. The standard InChI is InChI=1S/C17H23N3/c1-4-17(3)16-15(8-9-19-17)18-12-20(16)11-14-7-5-6-13(2)10-14/h5-7,10,12,19H,4,8-9,11H2,1-3H3. The molecule has 0 saturated carbocycles. The van der Waals surface area contributed by atoms with Gasteiger partial charge in [-0.25, -0.2) is 4.98 Å². The van der Waals surface area contributed by atoms with Crippen LogP contribution in [0.15, 0.2) is 30.6 Å². The Labute approximate surface area is 121 Å². The van der Waals surface area contributed by atoms with E-state index in [1.54, 1.807) is 0 Å². The van der Waals surface area contributed by atoms with Crippen LogP contribution in [0, 0.1) is 6.92 Å². The minimum atomic E-state index is 0.0495. The second kappa shape index (κ2) is 5.06. The lowest BCUT2D eigenvalue weighted by Crippen LogP contribution is -2.45. The molecule has 1 aliphatic rings. The molecule has 1 aromatic heterocycles. The first-order valence-electron chi connectivity index (χ1n) is 7.47. The Balaban J connectivity index is 1.98. The molecule has 0 aliphatic carbocycles. The molecule has 0 saturated heterocycles. The maximum Gasteiger partial charge on any atom is 0.0955 e. The van der Waals surface area contributed by atoms with Gasteiger partial charge in [-0.3, -0.25) is 0 Å². The fourth-order valence-corrected chi connectivity index (χ4v) is 3.20. The number of rotatable bonds is 3. The molecule has 0 bridgehead atoms. The predicted octanol–water partition coefficient (Wildman–Crippen LogP) is 3.01. The van der Waals surface area contributed by atoms with Crippen molar-refractivity contribution in [2.45, 2.75) is 45.7 Å². The highest BCUT2D eigenvalue weighted by Crippen LogP contribution is 2.31. The first-order valence-corrected chi connectivity index (χ1v) is 7.47. The van der Waals surface area contributed by atoms with Gasteiger partial charge in [0.2, 0.25) is 0 Å². The minimum absolute atomic E-state index is 0.0495. The minimum Gasteiger partial charge on any atom is -0.328 e. The Morgan fingerprint density at radius 1 is 1.40 bits per heavy atom. The first kappa shape index (κ1) is 13.4. The second-order valence-electron chi connectivity index (χ2n) is 6.02. The molecule has 20 heavy (non-hydrogen) atoms. The van der Waals surface area contributed by atoms with E-state index >= 15 is 0 Å². The number of aryl methyl sites for hydroxylation is 1. The van der Waals surface area contributed by atoms with Crippen LogP contribution in [0.2, 0.25) is 0 Å². The molecule has 0 amide bonds. The summed E-state index contributed by atoms with van der Waals surface area (Å²) in [6.07, 6.45) is 4.12. The van der Waals surface area contributed by atoms with Crippen LogP contribution in [0.3, 0.4) is 0 Å². The van der Waals surface area contributed by atoms with E-state index in [0.717, 1.165) is 25.9 Å². The molecule has 3 rings (SSSR count). The number of nitrogens with zero attached hydrogens (tertiary/aromatic N) is 2. The Kier molecular flexibility index (Phi) is 3.38. The van der Waals surface area contributed by atoms with E-state index in [1.165, 1.54) is 22.5 Å². The van der Waals surface area contributed by atoms with Crippen LogP contribution in [-0.2, 0) is 18.5 Å². The summed E-state index contributed by atoms with van der Waals surface area (Å²) in [5, 5.41) is 3.66. The third-order valence-electron chi connectivity index (χ3n) is 4.46. The maximum absolute atomic E-state index is 4.64. The zero-order chi connectivity index (χ0) is 14.2. The maximum atomic E-state index is 4.64. The molecule has 0 fully saturated rings. The van der Waals surface area contributed by atoms with Crippen molar-refractivity contribution in [2.24, 2.45) is 0 Å². The van der Waals surface area contributed by atoms with Crippen molar-refractivity contribution in [3.05, 3.63) is 53.1 Å². The van der Waals surface area contributed by atoms with Gasteiger partial charge in [-0.1, -0.05) is 36.8 Å². The van der Waals surface area contributed by atoms with Crippen LogP contribution in [0.4, 0.5) is 0 Å². The Morgan fingerprint density at radius 3 is 3.00 bits per heavy atom. The van der Waals surface area contributed by atoms with Gasteiger partial charge in [0, 0.05) is 19.5 Å². The van der Waals surface area contributed by atoms with Crippen LogP contribution in [0.5, 0.6) is 0 Å². The molecule has 0 radical (unpaired) electrons. The number of nitrogens with one attached hydrogen (secondary N) is 1. The van der Waals surface area contributed by atoms with Gasteiger partial charge in [0.05, 0.1) is 23.3 Å².